The highest BCUT2D eigenvalue weighted by Crippen LogP contribution is 2.20. The van der Waals surface area contributed by atoms with Crippen LogP contribution in [0.15, 0.2) is 11.6 Å². The van der Waals surface area contributed by atoms with Gasteiger partial charge < -0.3 is 24.8 Å². The van der Waals surface area contributed by atoms with E-state index in [1.54, 1.807) is 0 Å². The van der Waals surface area contributed by atoms with Crippen LogP contribution in [-0.2, 0) is 9.47 Å². The number of ether oxygens (including phenoxy) is 2. The van der Waals surface area contributed by atoms with Crippen LogP contribution in [0.2, 0.25) is 0 Å². The van der Waals surface area contributed by atoms with Crippen molar-refractivity contribution in [2.45, 2.75) is 90.8 Å². The molecule has 0 aromatic rings. The highest BCUT2D eigenvalue weighted by atomic mass is 16.7. The first kappa shape index (κ1) is 22.6. The van der Waals surface area contributed by atoms with Crippen molar-refractivity contribution in [3.63, 3.8) is 0 Å². The standard InChI is InChI=1S/C20H38O5/c1-14(2)7-5-8-15(3)9-6-10-16(4)11-12-24-20-19(23)18(22)17(21)13-25-20/h11,14-15,17-23H,5-10,12-13H2,1-4H3/b16-11+/t15?,17-,18+,19-,20?/m1/s1. The largest absolute Gasteiger partial charge is 0.388 e. The number of aliphatic hydroxyl groups excluding tert-OH is 3. The summed E-state index contributed by atoms with van der Waals surface area (Å²) >= 11 is 0. The summed E-state index contributed by atoms with van der Waals surface area (Å²) in [6.07, 6.45) is 5.05. The molecule has 0 bridgehead atoms. The maximum atomic E-state index is 9.80. The van der Waals surface area contributed by atoms with Crippen LogP contribution in [0, 0.1) is 11.8 Å². The van der Waals surface area contributed by atoms with Crippen molar-refractivity contribution in [3.8, 4) is 0 Å². The van der Waals surface area contributed by atoms with Crippen LogP contribution in [-0.4, -0.2) is 53.1 Å². The first-order valence-electron chi connectivity index (χ1n) is 9.74. The fourth-order valence-corrected chi connectivity index (χ4v) is 3.06. The van der Waals surface area contributed by atoms with Crippen molar-refractivity contribution in [3.05, 3.63) is 11.6 Å². The zero-order chi connectivity index (χ0) is 18.8. The molecule has 1 heterocycles. The van der Waals surface area contributed by atoms with Gasteiger partial charge in [0.15, 0.2) is 6.29 Å². The Morgan fingerprint density at radius 2 is 1.76 bits per heavy atom. The summed E-state index contributed by atoms with van der Waals surface area (Å²) in [4.78, 5) is 0. The fraction of sp³-hybridized carbons (Fsp3) is 0.900. The molecule has 3 N–H and O–H groups in total. The summed E-state index contributed by atoms with van der Waals surface area (Å²) in [6.45, 7) is 9.29. The van der Waals surface area contributed by atoms with Gasteiger partial charge in [0, 0.05) is 0 Å². The van der Waals surface area contributed by atoms with Gasteiger partial charge in [-0.25, -0.2) is 0 Å². The zero-order valence-electron chi connectivity index (χ0n) is 16.4. The summed E-state index contributed by atoms with van der Waals surface area (Å²) in [5.74, 6) is 1.58. The lowest BCUT2D eigenvalue weighted by atomic mass is 9.94. The van der Waals surface area contributed by atoms with Crippen LogP contribution in [0.4, 0.5) is 0 Å². The van der Waals surface area contributed by atoms with E-state index in [2.05, 4.69) is 27.7 Å². The molecule has 148 valence electrons. The van der Waals surface area contributed by atoms with Gasteiger partial charge >= 0.3 is 0 Å². The van der Waals surface area contributed by atoms with Gasteiger partial charge in [-0.3, -0.25) is 0 Å². The number of allylic oxidation sites excluding steroid dienone is 1. The van der Waals surface area contributed by atoms with E-state index in [0.717, 1.165) is 18.3 Å². The minimum Gasteiger partial charge on any atom is -0.388 e. The first-order valence-corrected chi connectivity index (χ1v) is 9.74. The van der Waals surface area contributed by atoms with Gasteiger partial charge in [0.05, 0.1) is 13.2 Å². The summed E-state index contributed by atoms with van der Waals surface area (Å²) in [7, 11) is 0. The molecule has 0 aromatic heterocycles. The van der Waals surface area contributed by atoms with Crippen LogP contribution in [0.25, 0.3) is 0 Å². The van der Waals surface area contributed by atoms with E-state index in [4.69, 9.17) is 9.47 Å². The topological polar surface area (TPSA) is 79.2 Å². The van der Waals surface area contributed by atoms with Crippen LogP contribution >= 0.6 is 0 Å². The van der Waals surface area contributed by atoms with Gasteiger partial charge in [0.1, 0.15) is 18.3 Å². The molecule has 1 fully saturated rings. The summed E-state index contributed by atoms with van der Waals surface area (Å²) in [5, 5.41) is 28.8. The number of rotatable bonds is 11. The molecular weight excluding hydrogens is 320 g/mol. The number of aliphatic hydroxyl groups is 3. The maximum absolute atomic E-state index is 9.80. The minimum atomic E-state index is -1.22. The summed E-state index contributed by atoms with van der Waals surface area (Å²) in [5.41, 5.74) is 1.26. The molecule has 0 amide bonds. The van der Waals surface area contributed by atoms with Crippen molar-refractivity contribution in [2.75, 3.05) is 13.2 Å². The Balaban J connectivity index is 2.15. The predicted octanol–water partition coefficient (Wildman–Crippen LogP) is 3.02. The van der Waals surface area contributed by atoms with E-state index in [-0.39, 0.29) is 6.61 Å². The molecule has 0 radical (unpaired) electrons. The van der Waals surface area contributed by atoms with Crippen molar-refractivity contribution in [1.29, 1.82) is 0 Å². The average molecular weight is 359 g/mol. The van der Waals surface area contributed by atoms with Gasteiger partial charge in [-0.05, 0) is 31.6 Å². The van der Waals surface area contributed by atoms with Crippen molar-refractivity contribution in [1.82, 2.24) is 0 Å². The smallest absolute Gasteiger partial charge is 0.186 e. The summed E-state index contributed by atoms with van der Waals surface area (Å²) < 4.78 is 10.7. The molecular formula is C20H38O5. The van der Waals surface area contributed by atoms with Gasteiger partial charge in [-0.15, -0.1) is 0 Å². The lowest BCUT2D eigenvalue weighted by molar-refractivity contribution is -0.266. The Labute approximate surface area is 153 Å². The lowest BCUT2D eigenvalue weighted by Gasteiger charge is -2.34. The van der Waals surface area contributed by atoms with Crippen molar-refractivity contribution in [2.24, 2.45) is 11.8 Å². The van der Waals surface area contributed by atoms with Crippen molar-refractivity contribution < 1.29 is 24.8 Å². The molecule has 0 aliphatic carbocycles. The van der Waals surface area contributed by atoms with E-state index < -0.39 is 24.6 Å². The summed E-state index contributed by atoms with van der Waals surface area (Å²) in [6, 6.07) is 0. The van der Waals surface area contributed by atoms with Gasteiger partial charge in [0.2, 0.25) is 0 Å². The Hall–Kier alpha value is -0.460. The van der Waals surface area contributed by atoms with Crippen LogP contribution in [0.5, 0.6) is 0 Å². The van der Waals surface area contributed by atoms with Gasteiger partial charge in [0.25, 0.3) is 0 Å². The third kappa shape index (κ3) is 9.15. The van der Waals surface area contributed by atoms with E-state index >= 15 is 0 Å². The SMILES string of the molecule is C/C(=C\COC1OC[C@@H](O)[C@H](O)[C@H]1O)CCCC(C)CCCC(C)C. The highest BCUT2D eigenvalue weighted by molar-refractivity contribution is 4.98. The molecule has 0 saturated carbocycles. The molecule has 2 unspecified atom stereocenters. The minimum absolute atomic E-state index is 0.0275. The Morgan fingerprint density at radius 1 is 1.08 bits per heavy atom. The van der Waals surface area contributed by atoms with E-state index in [0.29, 0.717) is 6.61 Å². The van der Waals surface area contributed by atoms with Crippen LogP contribution in [0.1, 0.15) is 66.2 Å². The van der Waals surface area contributed by atoms with Crippen LogP contribution < -0.4 is 0 Å². The second-order valence-corrected chi connectivity index (χ2v) is 7.96. The fourth-order valence-electron chi connectivity index (χ4n) is 3.06. The molecule has 0 spiro atoms. The Kier molecular flexibility index (Phi) is 10.9. The van der Waals surface area contributed by atoms with E-state index in [1.165, 1.54) is 37.7 Å². The Bertz CT molecular complexity index is 382. The first-order chi connectivity index (χ1) is 11.8. The Morgan fingerprint density at radius 3 is 2.44 bits per heavy atom. The molecule has 5 nitrogen and oxygen atoms in total. The van der Waals surface area contributed by atoms with E-state index in [1.807, 2.05) is 6.08 Å². The molecule has 0 aromatic carbocycles. The number of hydrogen-bond donors (Lipinski definition) is 3. The average Bonchev–Trinajstić information content (AvgIpc) is 2.54. The lowest BCUT2D eigenvalue weighted by Crippen LogP contribution is -2.53. The van der Waals surface area contributed by atoms with Gasteiger partial charge in [-0.2, -0.15) is 0 Å². The maximum Gasteiger partial charge on any atom is 0.186 e. The second-order valence-electron chi connectivity index (χ2n) is 7.96. The molecule has 1 aliphatic heterocycles. The number of hydrogen-bond acceptors (Lipinski definition) is 5. The quantitative estimate of drug-likeness (QED) is 0.495. The highest BCUT2D eigenvalue weighted by Gasteiger charge is 2.37. The molecule has 5 atom stereocenters. The molecule has 25 heavy (non-hydrogen) atoms. The van der Waals surface area contributed by atoms with Gasteiger partial charge in [-0.1, -0.05) is 58.1 Å². The zero-order valence-corrected chi connectivity index (χ0v) is 16.4. The predicted molar refractivity (Wildman–Crippen MR) is 99.2 cm³/mol. The molecule has 1 aliphatic rings. The molecule has 1 saturated heterocycles. The van der Waals surface area contributed by atoms with Crippen LogP contribution in [0.3, 0.4) is 0 Å². The molecule has 1 rings (SSSR count). The molecule has 5 heteroatoms. The van der Waals surface area contributed by atoms with Crippen molar-refractivity contribution >= 4 is 0 Å². The monoisotopic (exact) mass is 358 g/mol. The van der Waals surface area contributed by atoms with E-state index in [9.17, 15) is 15.3 Å². The third-order valence-electron chi connectivity index (χ3n) is 4.89. The second kappa shape index (κ2) is 12.0. The normalized spacial score (nSPS) is 29.2. The third-order valence-corrected chi connectivity index (χ3v) is 4.89.